The van der Waals surface area contributed by atoms with Gasteiger partial charge in [-0.1, -0.05) is 17.9 Å². The van der Waals surface area contributed by atoms with Crippen molar-refractivity contribution in [2.75, 3.05) is 6.61 Å². The quantitative estimate of drug-likeness (QED) is 0.654. The number of esters is 1. The van der Waals surface area contributed by atoms with E-state index in [9.17, 15) is 9.59 Å². The first-order valence-corrected chi connectivity index (χ1v) is 5.53. The summed E-state index contributed by atoms with van der Waals surface area (Å²) in [5.74, 6) is 4.10. The van der Waals surface area contributed by atoms with E-state index in [1.54, 1.807) is 26.0 Å². The number of hydrogen-bond donors (Lipinski definition) is 1. The van der Waals surface area contributed by atoms with Crippen molar-refractivity contribution in [1.29, 1.82) is 0 Å². The lowest BCUT2D eigenvalue weighted by atomic mass is 10.0. The second-order valence-electron chi connectivity index (χ2n) is 3.57. The molecule has 0 fully saturated rings. The van der Waals surface area contributed by atoms with Gasteiger partial charge in [-0.2, -0.15) is 0 Å². The van der Waals surface area contributed by atoms with Crippen molar-refractivity contribution >= 4 is 11.9 Å². The summed E-state index contributed by atoms with van der Waals surface area (Å²) >= 11 is 0. The first kappa shape index (κ1) is 13.8. The summed E-state index contributed by atoms with van der Waals surface area (Å²) in [6.07, 6.45) is 0.00454. The first-order valence-electron chi connectivity index (χ1n) is 5.53. The van der Waals surface area contributed by atoms with Gasteiger partial charge in [0, 0.05) is 5.56 Å². The Balaban J connectivity index is 2.86. The smallest absolute Gasteiger partial charge is 0.335 e. The number of carboxylic acids is 1. The van der Waals surface area contributed by atoms with Gasteiger partial charge >= 0.3 is 11.9 Å². The normalized spacial score (nSPS) is 9.22. The third-order valence-corrected chi connectivity index (χ3v) is 2.33. The van der Waals surface area contributed by atoms with E-state index >= 15 is 0 Å². The van der Waals surface area contributed by atoms with Crippen LogP contribution in [0.3, 0.4) is 0 Å². The Kier molecular flexibility index (Phi) is 4.94. The maximum absolute atomic E-state index is 11.1. The Morgan fingerprint density at radius 2 is 2.11 bits per heavy atom. The van der Waals surface area contributed by atoms with Crippen LogP contribution in [0.1, 0.15) is 34.8 Å². The highest BCUT2D eigenvalue weighted by atomic mass is 16.5. The largest absolute Gasteiger partial charge is 0.478 e. The summed E-state index contributed by atoms with van der Waals surface area (Å²) in [6.45, 7) is 3.75. The van der Waals surface area contributed by atoms with Crippen LogP contribution in [0, 0.1) is 18.8 Å². The summed E-state index contributed by atoms with van der Waals surface area (Å²) in [6, 6.07) is 4.87. The van der Waals surface area contributed by atoms with Gasteiger partial charge in [0.2, 0.25) is 0 Å². The lowest BCUT2D eigenvalue weighted by Crippen LogP contribution is -2.02. The lowest BCUT2D eigenvalue weighted by molar-refractivity contribution is -0.141. The molecule has 0 saturated heterocycles. The molecule has 18 heavy (non-hydrogen) atoms. The molecule has 0 aliphatic heterocycles. The van der Waals surface area contributed by atoms with E-state index in [0.29, 0.717) is 17.7 Å². The SMILES string of the molecule is CCOC(=O)CC#Cc1cccc(C(=O)O)c1C. The number of ether oxygens (including phenoxy) is 1. The minimum absolute atomic E-state index is 0.00454. The fourth-order valence-electron chi connectivity index (χ4n) is 1.43. The Bertz CT molecular complexity index is 520. The van der Waals surface area contributed by atoms with Crippen molar-refractivity contribution in [3.8, 4) is 11.8 Å². The van der Waals surface area contributed by atoms with Crippen LogP contribution in [0.2, 0.25) is 0 Å². The number of carbonyl (C=O) groups is 2. The third-order valence-electron chi connectivity index (χ3n) is 2.33. The fraction of sp³-hybridized carbons (Fsp3) is 0.286. The van der Waals surface area contributed by atoms with E-state index in [4.69, 9.17) is 9.84 Å². The third kappa shape index (κ3) is 3.63. The van der Waals surface area contributed by atoms with E-state index in [-0.39, 0.29) is 18.0 Å². The van der Waals surface area contributed by atoms with Crippen molar-refractivity contribution in [1.82, 2.24) is 0 Å². The maximum Gasteiger partial charge on any atom is 0.335 e. The van der Waals surface area contributed by atoms with Crippen molar-refractivity contribution < 1.29 is 19.4 Å². The molecule has 1 aromatic rings. The zero-order valence-corrected chi connectivity index (χ0v) is 10.3. The molecule has 0 atom stereocenters. The maximum atomic E-state index is 11.1. The highest BCUT2D eigenvalue weighted by Crippen LogP contribution is 2.12. The number of aromatic carboxylic acids is 1. The average Bonchev–Trinajstić information content (AvgIpc) is 2.31. The second-order valence-corrected chi connectivity index (χ2v) is 3.57. The number of benzene rings is 1. The number of hydrogen-bond acceptors (Lipinski definition) is 3. The summed E-state index contributed by atoms with van der Waals surface area (Å²) in [5, 5.41) is 8.95. The number of rotatable bonds is 3. The van der Waals surface area contributed by atoms with Gasteiger partial charge in [-0.3, -0.25) is 4.79 Å². The van der Waals surface area contributed by atoms with E-state index < -0.39 is 5.97 Å². The molecule has 94 valence electrons. The molecule has 0 aromatic heterocycles. The molecule has 0 aliphatic rings. The molecule has 0 heterocycles. The molecule has 0 bridgehead atoms. The summed E-state index contributed by atoms with van der Waals surface area (Å²) in [5.41, 5.74) is 1.43. The number of carbonyl (C=O) groups excluding carboxylic acids is 1. The van der Waals surface area contributed by atoms with Gasteiger partial charge in [0.25, 0.3) is 0 Å². The van der Waals surface area contributed by atoms with Crippen LogP contribution in [0.5, 0.6) is 0 Å². The van der Waals surface area contributed by atoms with Crippen molar-refractivity contribution in [2.45, 2.75) is 20.3 Å². The van der Waals surface area contributed by atoms with E-state index in [1.807, 2.05) is 0 Å². The minimum Gasteiger partial charge on any atom is -0.478 e. The average molecular weight is 246 g/mol. The van der Waals surface area contributed by atoms with E-state index in [0.717, 1.165) is 0 Å². The molecule has 1 N–H and O–H groups in total. The van der Waals surface area contributed by atoms with Gasteiger partial charge in [-0.25, -0.2) is 4.79 Å². The standard InChI is InChI=1S/C14H14O4/c1-3-18-13(15)9-5-7-11-6-4-8-12(10(11)2)14(16)17/h4,6,8H,3,9H2,1-2H3,(H,16,17). The molecular weight excluding hydrogens is 232 g/mol. The Labute approximate surface area is 106 Å². The Morgan fingerprint density at radius 1 is 1.39 bits per heavy atom. The van der Waals surface area contributed by atoms with Crippen molar-refractivity contribution in [2.24, 2.45) is 0 Å². The van der Waals surface area contributed by atoms with Crippen LogP contribution in [-0.4, -0.2) is 23.7 Å². The van der Waals surface area contributed by atoms with E-state index in [2.05, 4.69) is 11.8 Å². The molecule has 1 rings (SSSR count). The van der Waals surface area contributed by atoms with E-state index in [1.165, 1.54) is 6.07 Å². The molecular formula is C14H14O4. The first-order chi connectivity index (χ1) is 8.56. The molecule has 0 spiro atoms. The molecule has 1 aromatic carbocycles. The van der Waals surface area contributed by atoms with Gasteiger partial charge < -0.3 is 9.84 Å². The Hall–Kier alpha value is -2.28. The van der Waals surface area contributed by atoms with Crippen molar-refractivity contribution in [3.05, 3.63) is 34.9 Å². The monoisotopic (exact) mass is 246 g/mol. The molecule has 0 amide bonds. The zero-order chi connectivity index (χ0) is 13.5. The predicted molar refractivity (Wildman–Crippen MR) is 66.3 cm³/mol. The number of carboxylic acid groups (broad SMARTS) is 1. The molecule has 4 heteroatoms. The van der Waals surface area contributed by atoms with Crippen LogP contribution >= 0.6 is 0 Å². The van der Waals surface area contributed by atoms with Crippen molar-refractivity contribution in [3.63, 3.8) is 0 Å². The second kappa shape index (κ2) is 6.45. The predicted octanol–water partition coefficient (Wildman–Crippen LogP) is 2.00. The van der Waals surface area contributed by atoms with Crippen LogP contribution in [-0.2, 0) is 9.53 Å². The van der Waals surface area contributed by atoms with Gasteiger partial charge in [0.05, 0.1) is 12.2 Å². The van der Waals surface area contributed by atoms with Gasteiger partial charge in [0.1, 0.15) is 6.42 Å². The van der Waals surface area contributed by atoms with Gasteiger partial charge in [-0.15, -0.1) is 0 Å². The van der Waals surface area contributed by atoms with Crippen LogP contribution < -0.4 is 0 Å². The fourth-order valence-corrected chi connectivity index (χ4v) is 1.43. The highest BCUT2D eigenvalue weighted by Gasteiger charge is 2.08. The molecule has 4 nitrogen and oxygen atoms in total. The highest BCUT2D eigenvalue weighted by molar-refractivity contribution is 5.90. The Morgan fingerprint density at radius 3 is 2.72 bits per heavy atom. The van der Waals surface area contributed by atoms with Crippen LogP contribution in [0.15, 0.2) is 18.2 Å². The molecule has 0 unspecified atom stereocenters. The summed E-state index contributed by atoms with van der Waals surface area (Å²) < 4.78 is 4.74. The zero-order valence-electron chi connectivity index (χ0n) is 10.3. The summed E-state index contributed by atoms with van der Waals surface area (Å²) in [7, 11) is 0. The topological polar surface area (TPSA) is 63.6 Å². The van der Waals surface area contributed by atoms with Gasteiger partial charge in [-0.05, 0) is 31.5 Å². The molecule has 0 aliphatic carbocycles. The molecule has 0 saturated carbocycles. The summed E-state index contributed by atoms with van der Waals surface area (Å²) in [4.78, 5) is 22.0. The lowest BCUT2D eigenvalue weighted by Gasteiger charge is -2.02. The minimum atomic E-state index is -0.985. The molecule has 0 radical (unpaired) electrons. The van der Waals surface area contributed by atoms with Crippen LogP contribution in [0.4, 0.5) is 0 Å². The van der Waals surface area contributed by atoms with Gasteiger partial charge in [0.15, 0.2) is 0 Å². The van der Waals surface area contributed by atoms with Crippen LogP contribution in [0.25, 0.3) is 0 Å².